The second-order valence-corrected chi connectivity index (χ2v) is 4.45. The minimum absolute atomic E-state index is 0.742. The molecule has 2 nitrogen and oxygen atoms in total. The molecule has 0 spiro atoms. The van der Waals surface area contributed by atoms with E-state index in [9.17, 15) is 0 Å². The first-order chi connectivity index (χ1) is 8.74. The average molecular weight is 238 g/mol. The van der Waals surface area contributed by atoms with Gasteiger partial charge in [0.2, 0.25) is 0 Å². The topological polar surface area (TPSA) is 18.5 Å². The van der Waals surface area contributed by atoms with Crippen LogP contribution in [0, 0.1) is 13.8 Å². The van der Waals surface area contributed by atoms with Crippen LogP contribution in [0.25, 0.3) is 5.76 Å². The summed E-state index contributed by atoms with van der Waals surface area (Å²) in [4.78, 5) is 0. The fourth-order valence-corrected chi connectivity index (χ4v) is 1.92. The van der Waals surface area contributed by atoms with Crippen LogP contribution in [0.15, 0.2) is 48.7 Å². The van der Waals surface area contributed by atoms with Crippen molar-refractivity contribution in [2.24, 2.45) is 0 Å². The van der Waals surface area contributed by atoms with Gasteiger partial charge < -0.3 is 9.47 Å². The van der Waals surface area contributed by atoms with E-state index in [4.69, 9.17) is 9.47 Å². The fourth-order valence-electron chi connectivity index (χ4n) is 1.92. The van der Waals surface area contributed by atoms with E-state index >= 15 is 0 Å². The van der Waals surface area contributed by atoms with E-state index < -0.39 is 0 Å². The minimum Gasteiger partial charge on any atom is -0.457 e. The Morgan fingerprint density at radius 2 is 1.50 bits per heavy atom. The summed E-state index contributed by atoms with van der Waals surface area (Å²) >= 11 is 0. The van der Waals surface area contributed by atoms with Crippen LogP contribution in [-0.4, -0.2) is 0 Å². The van der Waals surface area contributed by atoms with Gasteiger partial charge in [-0.25, -0.2) is 0 Å². The summed E-state index contributed by atoms with van der Waals surface area (Å²) in [7, 11) is 0. The van der Waals surface area contributed by atoms with Crippen LogP contribution in [0.2, 0.25) is 0 Å². The van der Waals surface area contributed by atoms with Gasteiger partial charge in [0.15, 0.2) is 17.3 Å². The van der Waals surface area contributed by atoms with E-state index in [0.717, 1.165) is 22.8 Å². The maximum Gasteiger partial charge on any atom is 0.170 e. The largest absolute Gasteiger partial charge is 0.457 e. The molecule has 3 rings (SSSR count). The first-order valence-corrected chi connectivity index (χ1v) is 5.95. The first-order valence-electron chi connectivity index (χ1n) is 5.95. The molecule has 2 heteroatoms. The zero-order valence-corrected chi connectivity index (χ0v) is 10.4. The summed E-state index contributed by atoms with van der Waals surface area (Å²) in [5.74, 6) is 2.29. The van der Waals surface area contributed by atoms with E-state index in [2.05, 4.69) is 13.8 Å². The Bertz CT molecular complexity index is 612. The number of rotatable bonds is 1. The molecule has 2 aromatic rings. The van der Waals surface area contributed by atoms with Crippen molar-refractivity contribution in [2.45, 2.75) is 13.8 Å². The molecule has 0 radical (unpaired) electrons. The molecule has 0 saturated heterocycles. The molecule has 0 bridgehead atoms. The van der Waals surface area contributed by atoms with Crippen molar-refractivity contribution in [1.82, 2.24) is 0 Å². The van der Waals surface area contributed by atoms with Crippen molar-refractivity contribution in [3.05, 3.63) is 65.4 Å². The van der Waals surface area contributed by atoms with Crippen molar-refractivity contribution >= 4 is 5.76 Å². The molecule has 90 valence electrons. The third-order valence-electron chi connectivity index (χ3n) is 3.13. The molecule has 0 atom stereocenters. The molecule has 18 heavy (non-hydrogen) atoms. The summed E-state index contributed by atoms with van der Waals surface area (Å²) in [5.41, 5.74) is 3.42. The molecule has 0 amide bonds. The standard InChI is InChI=1S/C16H14O2/c1-11-8-14-15(9-12(11)2)18-16(10-17-14)13-6-4-3-5-7-13/h3-10H,1-2H3. The second kappa shape index (κ2) is 4.22. The second-order valence-electron chi connectivity index (χ2n) is 4.45. The molecule has 0 unspecified atom stereocenters. The van der Waals surface area contributed by atoms with Crippen molar-refractivity contribution < 1.29 is 9.47 Å². The van der Waals surface area contributed by atoms with Gasteiger partial charge >= 0.3 is 0 Å². The molecule has 0 aromatic heterocycles. The van der Waals surface area contributed by atoms with Gasteiger partial charge in [-0.1, -0.05) is 30.3 Å². The predicted molar refractivity (Wildman–Crippen MR) is 71.6 cm³/mol. The molecule has 1 aliphatic heterocycles. The quantitative estimate of drug-likeness (QED) is 0.745. The Labute approximate surface area is 106 Å². The SMILES string of the molecule is Cc1cc2c(cc1C)OC(c1ccccc1)=CO2. The van der Waals surface area contributed by atoms with Gasteiger partial charge in [0.25, 0.3) is 0 Å². The highest BCUT2D eigenvalue weighted by Gasteiger charge is 2.16. The molecular weight excluding hydrogens is 224 g/mol. The molecule has 0 saturated carbocycles. The van der Waals surface area contributed by atoms with Gasteiger partial charge in [-0.3, -0.25) is 0 Å². The number of fused-ring (bicyclic) bond motifs is 1. The lowest BCUT2D eigenvalue weighted by atomic mass is 10.1. The third kappa shape index (κ3) is 1.86. The van der Waals surface area contributed by atoms with Crippen LogP contribution < -0.4 is 9.47 Å². The zero-order chi connectivity index (χ0) is 12.5. The van der Waals surface area contributed by atoms with Crippen LogP contribution >= 0.6 is 0 Å². The first kappa shape index (κ1) is 10.9. The lowest BCUT2D eigenvalue weighted by Crippen LogP contribution is -2.04. The number of hydrogen-bond acceptors (Lipinski definition) is 2. The number of aryl methyl sites for hydroxylation is 2. The molecule has 1 heterocycles. The van der Waals surface area contributed by atoms with Crippen molar-refractivity contribution in [1.29, 1.82) is 0 Å². The molecule has 2 aromatic carbocycles. The summed E-state index contributed by atoms with van der Waals surface area (Å²) in [5, 5.41) is 0. The summed E-state index contributed by atoms with van der Waals surface area (Å²) in [6, 6.07) is 14.0. The predicted octanol–water partition coefficient (Wildman–Crippen LogP) is 4.07. The molecule has 0 N–H and O–H groups in total. The van der Waals surface area contributed by atoms with E-state index in [-0.39, 0.29) is 0 Å². The van der Waals surface area contributed by atoms with Gasteiger partial charge in [-0.2, -0.15) is 0 Å². The fraction of sp³-hybridized carbons (Fsp3) is 0.125. The Kier molecular flexibility index (Phi) is 2.56. The summed E-state index contributed by atoms with van der Waals surface area (Å²) in [6.07, 6.45) is 1.66. The molecule has 1 aliphatic rings. The number of hydrogen-bond donors (Lipinski definition) is 0. The van der Waals surface area contributed by atoms with E-state index in [1.165, 1.54) is 11.1 Å². The van der Waals surface area contributed by atoms with Crippen molar-refractivity contribution in [2.75, 3.05) is 0 Å². The Hall–Kier alpha value is -2.22. The normalized spacial score (nSPS) is 13.1. The number of ether oxygens (including phenoxy) is 2. The maximum atomic E-state index is 5.89. The molecular formula is C16H14O2. The Balaban J connectivity index is 1.97. The Morgan fingerprint density at radius 1 is 0.833 bits per heavy atom. The van der Waals surface area contributed by atoms with Gasteiger partial charge in [0, 0.05) is 5.56 Å². The zero-order valence-electron chi connectivity index (χ0n) is 10.4. The number of benzene rings is 2. The molecule has 0 fully saturated rings. The van der Waals surface area contributed by atoms with Crippen LogP contribution in [-0.2, 0) is 0 Å². The van der Waals surface area contributed by atoms with Gasteiger partial charge in [0.05, 0.1) is 0 Å². The Morgan fingerprint density at radius 3 is 2.22 bits per heavy atom. The van der Waals surface area contributed by atoms with Crippen molar-refractivity contribution in [3.8, 4) is 11.5 Å². The van der Waals surface area contributed by atoms with E-state index in [1.54, 1.807) is 6.26 Å². The highest BCUT2D eigenvalue weighted by molar-refractivity contribution is 5.65. The van der Waals surface area contributed by atoms with Crippen molar-refractivity contribution in [3.63, 3.8) is 0 Å². The maximum absolute atomic E-state index is 5.89. The monoisotopic (exact) mass is 238 g/mol. The highest BCUT2D eigenvalue weighted by atomic mass is 16.6. The summed E-state index contributed by atoms with van der Waals surface area (Å²) < 4.78 is 11.5. The smallest absolute Gasteiger partial charge is 0.170 e. The van der Waals surface area contributed by atoms with Gasteiger partial charge in [-0.15, -0.1) is 0 Å². The molecule has 0 aliphatic carbocycles. The summed E-state index contributed by atoms with van der Waals surface area (Å²) in [6.45, 7) is 4.13. The lowest BCUT2D eigenvalue weighted by Gasteiger charge is -2.19. The van der Waals surface area contributed by atoms with Gasteiger partial charge in [-0.05, 0) is 37.1 Å². The third-order valence-corrected chi connectivity index (χ3v) is 3.13. The lowest BCUT2D eigenvalue weighted by molar-refractivity contribution is 0.383. The van der Waals surface area contributed by atoms with Crippen LogP contribution in [0.4, 0.5) is 0 Å². The van der Waals surface area contributed by atoms with Crippen LogP contribution in [0.3, 0.4) is 0 Å². The van der Waals surface area contributed by atoms with Crippen LogP contribution in [0.1, 0.15) is 16.7 Å². The van der Waals surface area contributed by atoms with E-state index in [1.807, 2.05) is 42.5 Å². The van der Waals surface area contributed by atoms with Gasteiger partial charge in [0.1, 0.15) is 6.26 Å². The minimum atomic E-state index is 0.742. The van der Waals surface area contributed by atoms with Crippen LogP contribution in [0.5, 0.6) is 11.5 Å². The van der Waals surface area contributed by atoms with E-state index in [0.29, 0.717) is 0 Å². The highest BCUT2D eigenvalue weighted by Crippen LogP contribution is 2.37. The average Bonchev–Trinajstić information content (AvgIpc) is 2.41.